The number of nitriles is 1. The maximum atomic E-state index is 8.34. The quantitative estimate of drug-likeness (QED) is 0.324. The van der Waals surface area contributed by atoms with E-state index in [0.29, 0.717) is 0 Å². The van der Waals surface area contributed by atoms with Gasteiger partial charge < -0.3 is 16.0 Å². The highest BCUT2D eigenvalue weighted by Gasteiger charge is 2.03. The molecule has 0 radical (unpaired) electrons. The fraction of sp³-hybridized carbons (Fsp3) is 0. The SMILES string of the molecule is N#C/N=C(/N)Nc1cc(I)c2[nH]ccc2c1. The van der Waals surface area contributed by atoms with Crippen LogP contribution in [0.25, 0.3) is 10.9 Å². The van der Waals surface area contributed by atoms with Crippen LogP contribution in [0.2, 0.25) is 0 Å². The lowest BCUT2D eigenvalue weighted by atomic mass is 10.2. The van der Waals surface area contributed by atoms with E-state index >= 15 is 0 Å². The molecule has 5 nitrogen and oxygen atoms in total. The van der Waals surface area contributed by atoms with Crippen molar-refractivity contribution in [2.75, 3.05) is 5.32 Å². The van der Waals surface area contributed by atoms with Gasteiger partial charge in [-0.1, -0.05) is 0 Å². The molecule has 16 heavy (non-hydrogen) atoms. The molecule has 4 N–H and O–H groups in total. The van der Waals surface area contributed by atoms with E-state index in [4.69, 9.17) is 11.0 Å². The third-order valence-electron chi connectivity index (χ3n) is 2.05. The minimum atomic E-state index is 0.0909. The van der Waals surface area contributed by atoms with Gasteiger partial charge in [-0.3, -0.25) is 0 Å². The van der Waals surface area contributed by atoms with Crippen LogP contribution in [-0.4, -0.2) is 10.9 Å². The van der Waals surface area contributed by atoms with Gasteiger partial charge in [-0.05, 0) is 40.8 Å². The molecule has 0 saturated heterocycles. The molecule has 2 aromatic rings. The van der Waals surface area contributed by atoms with Gasteiger partial charge in [0.15, 0.2) is 0 Å². The minimum absolute atomic E-state index is 0.0909. The largest absolute Gasteiger partial charge is 0.369 e. The molecular weight excluding hydrogens is 317 g/mol. The van der Waals surface area contributed by atoms with Crippen LogP contribution in [0, 0.1) is 15.0 Å². The third-order valence-corrected chi connectivity index (χ3v) is 2.90. The monoisotopic (exact) mass is 325 g/mol. The van der Waals surface area contributed by atoms with Crippen molar-refractivity contribution < 1.29 is 0 Å². The molecule has 0 aliphatic rings. The Morgan fingerprint density at radius 3 is 3.12 bits per heavy atom. The predicted molar refractivity (Wildman–Crippen MR) is 71.9 cm³/mol. The Hall–Kier alpha value is -1.75. The first kappa shape index (κ1) is 10.8. The Labute approximate surface area is 105 Å². The average Bonchev–Trinajstić information content (AvgIpc) is 2.66. The van der Waals surface area contributed by atoms with Crippen LogP contribution in [0.3, 0.4) is 0 Å². The number of aliphatic imine (C=N–C) groups is 1. The number of halogens is 1. The van der Waals surface area contributed by atoms with Crippen LogP contribution in [0.1, 0.15) is 0 Å². The van der Waals surface area contributed by atoms with Gasteiger partial charge in [-0.2, -0.15) is 5.26 Å². The Bertz CT molecular complexity index is 593. The van der Waals surface area contributed by atoms with Gasteiger partial charge in [-0.15, -0.1) is 4.99 Å². The van der Waals surface area contributed by atoms with Crippen molar-refractivity contribution in [3.8, 4) is 6.19 Å². The zero-order chi connectivity index (χ0) is 11.5. The summed E-state index contributed by atoms with van der Waals surface area (Å²) >= 11 is 2.23. The molecule has 1 aromatic heterocycles. The molecular formula is C10H8IN5. The summed E-state index contributed by atoms with van der Waals surface area (Å²) in [5, 5.41) is 12.3. The van der Waals surface area contributed by atoms with Crippen LogP contribution < -0.4 is 11.1 Å². The number of aromatic nitrogens is 1. The van der Waals surface area contributed by atoms with Gasteiger partial charge in [0.1, 0.15) is 0 Å². The van der Waals surface area contributed by atoms with Gasteiger partial charge in [0.25, 0.3) is 0 Å². The van der Waals surface area contributed by atoms with Crippen molar-refractivity contribution in [3.05, 3.63) is 28.0 Å². The average molecular weight is 325 g/mol. The topological polar surface area (TPSA) is 90.0 Å². The lowest BCUT2D eigenvalue weighted by molar-refractivity contribution is 1.40. The number of guanidine groups is 1. The van der Waals surface area contributed by atoms with Gasteiger partial charge in [0, 0.05) is 20.8 Å². The number of fused-ring (bicyclic) bond motifs is 1. The summed E-state index contributed by atoms with van der Waals surface area (Å²) < 4.78 is 1.08. The fourth-order valence-corrected chi connectivity index (χ4v) is 2.23. The smallest absolute Gasteiger partial charge is 0.209 e. The number of rotatable bonds is 1. The van der Waals surface area contributed by atoms with E-state index in [0.717, 1.165) is 20.2 Å². The first-order valence-corrected chi connectivity index (χ1v) is 5.54. The number of hydrogen-bond donors (Lipinski definition) is 3. The highest BCUT2D eigenvalue weighted by Crippen LogP contribution is 2.24. The van der Waals surface area contributed by atoms with Crippen LogP contribution in [0.5, 0.6) is 0 Å². The summed E-state index contributed by atoms with van der Waals surface area (Å²) in [6.45, 7) is 0. The number of hydrogen-bond acceptors (Lipinski definition) is 2. The first-order chi connectivity index (χ1) is 7.70. The molecule has 0 aliphatic heterocycles. The summed E-state index contributed by atoms with van der Waals surface area (Å²) in [7, 11) is 0. The zero-order valence-electron chi connectivity index (χ0n) is 8.16. The summed E-state index contributed by atoms with van der Waals surface area (Å²) in [5.41, 5.74) is 7.39. The van der Waals surface area contributed by atoms with Crippen molar-refractivity contribution >= 4 is 45.1 Å². The lowest BCUT2D eigenvalue weighted by Crippen LogP contribution is -2.21. The standard InChI is InChI=1S/C10H8IN5/c11-8-4-7(16-10(13)15-5-12)3-6-1-2-14-9(6)8/h1-4,14H,(H3,13,15,16). The van der Waals surface area contributed by atoms with Gasteiger partial charge in [0.2, 0.25) is 12.2 Å². The van der Waals surface area contributed by atoms with E-state index in [9.17, 15) is 0 Å². The first-order valence-electron chi connectivity index (χ1n) is 4.46. The van der Waals surface area contributed by atoms with Gasteiger partial charge >= 0.3 is 0 Å². The van der Waals surface area contributed by atoms with E-state index < -0.39 is 0 Å². The van der Waals surface area contributed by atoms with Crippen LogP contribution in [0.4, 0.5) is 5.69 Å². The fourth-order valence-electron chi connectivity index (χ4n) is 1.43. The molecule has 1 aromatic carbocycles. The van der Waals surface area contributed by atoms with Gasteiger partial charge in [0.05, 0.1) is 5.52 Å². The molecule has 0 saturated carbocycles. The number of nitrogens with two attached hydrogens (primary N) is 1. The lowest BCUT2D eigenvalue weighted by Gasteiger charge is -2.05. The number of nitrogens with one attached hydrogen (secondary N) is 2. The Morgan fingerprint density at radius 1 is 1.56 bits per heavy atom. The maximum Gasteiger partial charge on any atom is 0.209 e. The minimum Gasteiger partial charge on any atom is -0.369 e. The van der Waals surface area contributed by atoms with Gasteiger partial charge in [-0.25, -0.2) is 0 Å². The molecule has 80 valence electrons. The van der Waals surface area contributed by atoms with Crippen molar-refractivity contribution in [1.29, 1.82) is 5.26 Å². The molecule has 0 bridgehead atoms. The van der Waals surface area contributed by atoms with E-state index in [-0.39, 0.29) is 5.96 Å². The van der Waals surface area contributed by atoms with Crippen molar-refractivity contribution in [2.45, 2.75) is 0 Å². The normalized spacial score (nSPS) is 11.4. The van der Waals surface area contributed by atoms with E-state index in [1.54, 1.807) is 6.19 Å². The third kappa shape index (κ3) is 2.09. The molecule has 0 atom stereocenters. The molecule has 0 spiro atoms. The van der Waals surface area contributed by atoms with E-state index in [1.165, 1.54) is 0 Å². The number of anilines is 1. The molecule has 0 fully saturated rings. The molecule has 2 rings (SSSR count). The number of nitrogens with zero attached hydrogens (tertiary/aromatic N) is 2. The highest BCUT2D eigenvalue weighted by molar-refractivity contribution is 14.1. The van der Waals surface area contributed by atoms with E-state index in [2.05, 4.69) is 37.9 Å². The molecule has 0 amide bonds. The summed E-state index contributed by atoms with van der Waals surface area (Å²) in [6.07, 6.45) is 3.51. The predicted octanol–water partition coefficient (Wildman–Crippen LogP) is 1.98. The van der Waals surface area contributed by atoms with Crippen molar-refractivity contribution in [3.63, 3.8) is 0 Å². The van der Waals surface area contributed by atoms with Crippen molar-refractivity contribution in [1.82, 2.24) is 4.98 Å². The maximum absolute atomic E-state index is 8.34. The van der Waals surface area contributed by atoms with E-state index in [1.807, 2.05) is 24.4 Å². The summed E-state index contributed by atoms with van der Waals surface area (Å²) in [6, 6.07) is 5.84. The molecule has 1 heterocycles. The van der Waals surface area contributed by atoms with Crippen molar-refractivity contribution in [2.24, 2.45) is 10.7 Å². The number of benzene rings is 1. The molecule has 0 aliphatic carbocycles. The Morgan fingerprint density at radius 2 is 2.38 bits per heavy atom. The highest BCUT2D eigenvalue weighted by atomic mass is 127. The summed E-state index contributed by atoms with van der Waals surface area (Å²) in [4.78, 5) is 6.54. The molecule has 0 unspecified atom stereocenters. The number of H-pyrrole nitrogens is 1. The van der Waals surface area contributed by atoms with Crippen LogP contribution in [0.15, 0.2) is 29.4 Å². The summed E-state index contributed by atoms with van der Waals surface area (Å²) in [5.74, 6) is 0.0909. The second-order valence-electron chi connectivity index (χ2n) is 3.12. The second-order valence-corrected chi connectivity index (χ2v) is 4.28. The molecule has 6 heteroatoms. The van der Waals surface area contributed by atoms with Crippen LogP contribution >= 0.6 is 22.6 Å². The Kier molecular flexibility index (Phi) is 2.96. The van der Waals surface area contributed by atoms with Crippen LogP contribution in [-0.2, 0) is 0 Å². The Balaban J connectivity index is 2.39. The zero-order valence-corrected chi connectivity index (χ0v) is 10.3. The number of aromatic amines is 1. The second kappa shape index (κ2) is 4.40.